The van der Waals surface area contributed by atoms with Crippen LogP contribution in [0.3, 0.4) is 0 Å². The van der Waals surface area contributed by atoms with E-state index in [0.29, 0.717) is 36.1 Å². The van der Waals surface area contributed by atoms with Crippen molar-refractivity contribution in [2.24, 2.45) is 0 Å². The van der Waals surface area contributed by atoms with Gasteiger partial charge in [0, 0.05) is 50.7 Å². The van der Waals surface area contributed by atoms with E-state index >= 15 is 0 Å². The Hall–Kier alpha value is -1.83. The molecule has 27 heavy (non-hydrogen) atoms. The number of rotatable bonds is 5. The van der Waals surface area contributed by atoms with Gasteiger partial charge in [-0.25, -0.2) is 0 Å². The van der Waals surface area contributed by atoms with Crippen molar-refractivity contribution in [1.29, 1.82) is 0 Å². The Morgan fingerprint density at radius 1 is 1.22 bits per heavy atom. The number of ether oxygens (including phenoxy) is 1. The number of hydrogen-bond acceptors (Lipinski definition) is 5. The molecule has 1 aromatic rings. The van der Waals surface area contributed by atoms with Crippen molar-refractivity contribution in [2.45, 2.75) is 25.9 Å². The minimum Gasteiger partial charge on any atom is -0.476 e. The Bertz CT molecular complexity index is 717. The molecule has 1 aromatic carbocycles. The number of carbonyl (C=O) groups excluding carboxylic acids is 2. The summed E-state index contributed by atoms with van der Waals surface area (Å²) in [6.07, 6.45) is 0.244. The zero-order chi connectivity index (χ0) is 19.6. The average Bonchev–Trinajstić information content (AvgIpc) is 2.63. The number of piperazine rings is 1. The summed E-state index contributed by atoms with van der Waals surface area (Å²) in [6, 6.07) is 5.17. The molecule has 7 nitrogen and oxygen atoms in total. The highest BCUT2D eigenvalue weighted by Gasteiger charge is 2.41. The molecular weight excluding hydrogens is 370 g/mol. The molecule has 0 unspecified atom stereocenters. The van der Waals surface area contributed by atoms with Crippen LogP contribution in [0.1, 0.15) is 20.3 Å². The highest BCUT2D eigenvalue weighted by atomic mass is 35.5. The van der Waals surface area contributed by atoms with E-state index in [2.05, 4.69) is 4.90 Å². The topological polar surface area (TPSA) is 73.3 Å². The summed E-state index contributed by atoms with van der Waals surface area (Å²) in [6.45, 7) is 7.30. The molecular formula is C19H26ClN3O4. The van der Waals surface area contributed by atoms with Crippen LogP contribution in [0.5, 0.6) is 5.75 Å². The highest BCUT2D eigenvalue weighted by Crippen LogP contribution is 2.39. The minimum absolute atomic E-state index is 0.0272. The van der Waals surface area contributed by atoms with Crippen LogP contribution in [0.15, 0.2) is 18.2 Å². The number of β-amino-alcohol motifs (C(OH)–C–C–N with tert-alkyl or cyclic N) is 1. The Morgan fingerprint density at radius 2 is 1.93 bits per heavy atom. The van der Waals surface area contributed by atoms with Crippen molar-refractivity contribution >= 4 is 29.1 Å². The highest BCUT2D eigenvalue weighted by molar-refractivity contribution is 6.31. The molecule has 0 spiro atoms. The third-order valence-corrected chi connectivity index (χ3v) is 5.26. The van der Waals surface area contributed by atoms with Crippen molar-refractivity contribution in [3.8, 4) is 5.75 Å². The monoisotopic (exact) mass is 395 g/mol. The van der Waals surface area contributed by atoms with Gasteiger partial charge in [0.1, 0.15) is 5.75 Å². The molecule has 0 radical (unpaired) electrons. The summed E-state index contributed by atoms with van der Waals surface area (Å²) in [7, 11) is 0. The van der Waals surface area contributed by atoms with Crippen LogP contribution < -0.4 is 9.64 Å². The minimum atomic E-state index is -0.986. The number of carbonyl (C=O) groups is 2. The van der Waals surface area contributed by atoms with Crippen molar-refractivity contribution in [3.05, 3.63) is 23.2 Å². The molecule has 2 aliphatic rings. The van der Waals surface area contributed by atoms with E-state index < -0.39 is 5.60 Å². The zero-order valence-electron chi connectivity index (χ0n) is 15.8. The predicted octanol–water partition coefficient (Wildman–Crippen LogP) is 1.37. The van der Waals surface area contributed by atoms with Crippen LogP contribution in [-0.4, -0.2) is 78.2 Å². The molecule has 0 aliphatic carbocycles. The normalized spacial score (nSPS) is 19.6. The third-order valence-electron chi connectivity index (χ3n) is 5.03. The molecule has 1 fully saturated rings. The number of nitrogens with zero attached hydrogens (tertiary/aromatic N) is 3. The molecule has 148 valence electrons. The molecule has 0 bridgehead atoms. The fourth-order valence-electron chi connectivity index (χ4n) is 3.49. The first-order chi connectivity index (χ1) is 12.8. The summed E-state index contributed by atoms with van der Waals surface area (Å²) in [5.41, 5.74) is -0.382. The lowest BCUT2D eigenvalue weighted by Gasteiger charge is -2.39. The predicted molar refractivity (Wildman–Crippen MR) is 103 cm³/mol. The number of fused-ring (bicyclic) bond motifs is 1. The number of benzene rings is 1. The smallest absolute Gasteiger partial charge is 0.270 e. The van der Waals surface area contributed by atoms with E-state index in [0.717, 1.165) is 13.1 Å². The van der Waals surface area contributed by atoms with Crippen LogP contribution in [0, 0.1) is 0 Å². The lowest BCUT2D eigenvalue weighted by molar-refractivity contribution is -0.134. The molecule has 3 rings (SSSR count). The van der Waals surface area contributed by atoms with Crippen LogP contribution in [0.25, 0.3) is 0 Å². The van der Waals surface area contributed by atoms with E-state index in [1.807, 2.05) is 4.90 Å². The summed E-state index contributed by atoms with van der Waals surface area (Å²) in [5.74, 6) is 0.436. The molecule has 8 heteroatoms. The quantitative estimate of drug-likeness (QED) is 0.815. The Morgan fingerprint density at radius 3 is 2.59 bits per heavy atom. The van der Waals surface area contributed by atoms with Gasteiger partial charge in [0.2, 0.25) is 5.91 Å². The second-order valence-corrected chi connectivity index (χ2v) is 7.81. The lowest BCUT2D eigenvalue weighted by Crippen LogP contribution is -2.54. The van der Waals surface area contributed by atoms with Crippen LogP contribution in [0.2, 0.25) is 5.02 Å². The molecule has 1 saturated heterocycles. The number of halogens is 1. The first-order valence-electron chi connectivity index (χ1n) is 9.23. The summed E-state index contributed by atoms with van der Waals surface area (Å²) < 4.78 is 5.80. The second kappa shape index (κ2) is 8.04. The van der Waals surface area contributed by atoms with Gasteiger partial charge in [0.15, 0.2) is 5.60 Å². The van der Waals surface area contributed by atoms with Gasteiger partial charge < -0.3 is 19.6 Å². The van der Waals surface area contributed by atoms with Gasteiger partial charge in [-0.2, -0.15) is 0 Å². The van der Waals surface area contributed by atoms with Gasteiger partial charge in [-0.1, -0.05) is 11.6 Å². The number of amides is 2. The summed E-state index contributed by atoms with van der Waals surface area (Å²) in [5, 5.41) is 9.52. The number of aliphatic hydroxyl groups excluding tert-OH is 1. The Labute approximate surface area is 164 Å². The third kappa shape index (κ3) is 4.36. The zero-order valence-corrected chi connectivity index (χ0v) is 16.5. The maximum Gasteiger partial charge on any atom is 0.270 e. The van der Waals surface area contributed by atoms with Gasteiger partial charge in [-0.15, -0.1) is 0 Å². The Balaban J connectivity index is 1.66. The van der Waals surface area contributed by atoms with Crippen LogP contribution in [0.4, 0.5) is 5.69 Å². The lowest BCUT2D eigenvalue weighted by atomic mass is 10.0. The van der Waals surface area contributed by atoms with E-state index in [9.17, 15) is 9.59 Å². The van der Waals surface area contributed by atoms with Gasteiger partial charge in [-0.05, 0) is 32.0 Å². The van der Waals surface area contributed by atoms with E-state index in [4.69, 9.17) is 21.4 Å². The summed E-state index contributed by atoms with van der Waals surface area (Å²) >= 11 is 6.09. The largest absolute Gasteiger partial charge is 0.476 e. The SMILES string of the molecule is CC1(C)Oc2ccc(Cl)cc2N(CCC(=O)N2CCN(CCO)CC2)C1=O. The van der Waals surface area contributed by atoms with Crippen molar-refractivity contribution in [1.82, 2.24) is 9.80 Å². The fourth-order valence-corrected chi connectivity index (χ4v) is 3.66. The molecule has 0 saturated carbocycles. The molecule has 2 aliphatic heterocycles. The number of hydrogen-bond donors (Lipinski definition) is 1. The Kier molecular flexibility index (Phi) is 5.93. The first-order valence-corrected chi connectivity index (χ1v) is 9.61. The van der Waals surface area contributed by atoms with Crippen LogP contribution >= 0.6 is 11.6 Å². The van der Waals surface area contributed by atoms with Crippen LogP contribution in [-0.2, 0) is 9.59 Å². The van der Waals surface area contributed by atoms with E-state index in [1.165, 1.54) is 0 Å². The van der Waals surface area contributed by atoms with E-state index in [1.54, 1.807) is 36.9 Å². The molecule has 2 heterocycles. The summed E-state index contributed by atoms with van der Waals surface area (Å²) in [4.78, 5) is 31.0. The first kappa shape index (κ1) is 19.9. The van der Waals surface area contributed by atoms with Gasteiger partial charge in [0.05, 0.1) is 12.3 Å². The van der Waals surface area contributed by atoms with Crippen molar-refractivity contribution < 1.29 is 19.4 Å². The van der Waals surface area contributed by atoms with E-state index in [-0.39, 0.29) is 31.4 Å². The van der Waals surface area contributed by atoms with Gasteiger partial charge in [0.25, 0.3) is 5.91 Å². The van der Waals surface area contributed by atoms with Gasteiger partial charge in [-0.3, -0.25) is 14.5 Å². The molecule has 0 aromatic heterocycles. The van der Waals surface area contributed by atoms with Crippen molar-refractivity contribution in [2.75, 3.05) is 50.8 Å². The molecule has 0 atom stereocenters. The fraction of sp³-hybridized carbons (Fsp3) is 0.579. The van der Waals surface area contributed by atoms with Gasteiger partial charge >= 0.3 is 0 Å². The standard InChI is InChI=1S/C19H26ClN3O4/c1-19(2)18(26)23(15-13-14(20)3-4-16(15)27-19)6-5-17(25)22-9-7-21(8-10-22)11-12-24/h3-4,13,24H,5-12H2,1-2H3. The molecule has 2 amide bonds. The number of anilines is 1. The molecule has 1 N–H and O–H groups in total. The maximum atomic E-state index is 12.8. The second-order valence-electron chi connectivity index (χ2n) is 7.38. The number of aliphatic hydroxyl groups is 1. The maximum absolute atomic E-state index is 12.8. The van der Waals surface area contributed by atoms with Crippen molar-refractivity contribution in [3.63, 3.8) is 0 Å². The average molecular weight is 396 g/mol.